The van der Waals surface area contributed by atoms with E-state index in [1.807, 2.05) is 6.92 Å². The van der Waals surface area contributed by atoms with Crippen LogP contribution in [0.1, 0.15) is 10.6 Å². The normalized spacial score (nSPS) is 10.6. The van der Waals surface area contributed by atoms with Gasteiger partial charge >= 0.3 is 0 Å². The fourth-order valence-electron chi connectivity index (χ4n) is 1.54. The Bertz CT molecular complexity index is 539. The molecule has 1 aromatic carbocycles. The number of nitrogens with two attached hydrogens (primary N) is 1. The topological polar surface area (TPSA) is 48.1 Å². The molecule has 0 aliphatic carbocycles. The number of aryl methyl sites for hydroxylation is 1. The highest BCUT2D eigenvalue weighted by molar-refractivity contribution is 7.15. The van der Waals surface area contributed by atoms with Crippen LogP contribution in [0.4, 0.5) is 4.39 Å². The molecule has 5 heteroatoms. The summed E-state index contributed by atoms with van der Waals surface area (Å²) in [6.07, 6.45) is 0. The smallest absolute Gasteiger partial charge is 0.165 e. The largest absolute Gasteiger partial charge is 0.494 e. The summed E-state index contributed by atoms with van der Waals surface area (Å²) in [5.41, 5.74) is 7.18. The second-order valence-corrected chi connectivity index (χ2v) is 4.78. The number of ether oxygens (including phenoxy) is 1. The highest BCUT2D eigenvalue weighted by Crippen LogP contribution is 2.30. The van der Waals surface area contributed by atoms with Gasteiger partial charge in [-0.05, 0) is 25.1 Å². The number of hydrogen-bond acceptors (Lipinski definition) is 4. The van der Waals surface area contributed by atoms with E-state index < -0.39 is 0 Å². The van der Waals surface area contributed by atoms with Crippen LogP contribution in [0, 0.1) is 12.7 Å². The van der Waals surface area contributed by atoms with Gasteiger partial charge in [0.15, 0.2) is 11.6 Å². The number of benzene rings is 1. The zero-order valence-corrected chi connectivity index (χ0v) is 10.5. The molecule has 1 aromatic heterocycles. The van der Waals surface area contributed by atoms with E-state index in [2.05, 4.69) is 4.98 Å². The number of halogens is 1. The average molecular weight is 252 g/mol. The Balaban J connectivity index is 2.42. The lowest BCUT2D eigenvalue weighted by Gasteiger charge is -2.02. The molecule has 2 rings (SSSR count). The van der Waals surface area contributed by atoms with Crippen molar-refractivity contribution >= 4 is 11.3 Å². The molecule has 0 saturated heterocycles. The number of thiazole rings is 1. The van der Waals surface area contributed by atoms with E-state index in [-0.39, 0.29) is 11.6 Å². The lowest BCUT2D eigenvalue weighted by molar-refractivity contribution is 0.386. The van der Waals surface area contributed by atoms with Gasteiger partial charge in [0, 0.05) is 17.0 Å². The zero-order chi connectivity index (χ0) is 12.4. The van der Waals surface area contributed by atoms with Crippen LogP contribution in [0.3, 0.4) is 0 Å². The summed E-state index contributed by atoms with van der Waals surface area (Å²) in [5.74, 6) is -0.145. The summed E-state index contributed by atoms with van der Waals surface area (Å²) in [7, 11) is 1.44. The van der Waals surface area contributed by atoms with Gasteiger partial charge in [0.25, 0.3) is 0 Å². The molecule has 3 nitrogen and oxygen atoms in total. The summed E-state index contributed by atoms with van der Waals surface area (Å²) < 4.78 is 18.4. The van der Waals surface area contributed by atoms with E-state index in [4.69, 9.17) is 10.5 Å². The van der Waals surface area contributed by atoms with Crippen molar-refractivity contribution in [1.82, 2.24) is 4.98 Å². The van der Waals surface area contributed by atoms with Crippen molar-refractivity contribution in [3.63, 3.8) is 0 Å². The first-order chi connectivity index (χ1) is 8.15. The van der Waals surface area contributed by atoms with Crippen LogP contribution in [0.5, 0.6) is 5.75 Å². The Morgan fingerprint density at radius 1 is 1.47 bits per heavy atom. The molecule has 0 aliphatic heterocycles. The molecule has 0 saturated carbocycles. The van der Waals surface area contributed by atoms with Crippen molar-refractivity contribution in [1.29, 1.82) is 0 Å². The van der Waals surface area contributed by atoms with E-state index in [9.17, 15) is 4.39 Å². The van der Waals surface area contributed by atoms with Crippen LogP contribution in [0.2, 0.25) is 0 Å². The van der Waals surface area contributed by atoms with Crippen LogP contribution in [-0.4, -0.2) is 12.1 Å². The molecule has 0 spiro atoms. The number of rotatable bonds is 3. The highest BCUT2D eigenvalue weighted by atomic mass is 32.1. The van der Waals surface area contributed by atoms with E-state index in [1.165, 1.54) is 24.5 Å². The fraction of sp³-hybridized carbons (Fsp3) is 0.250. The van der Waals surface area contributed by atoms with Crippen molar-refractivity contribution < 1.29 is 9.13 Å². The lowest BCUT2D eigenvalue weighted by atomic mass is 10.2. The lowest BCUT2D eigenvalue weighted by Crippen LogP contribution is -1.97. The third-order valence-electron chi connectivity index (χ3n) is 2.48. The average Bonchev–Trinajstić information content (AvgIpc) is 2.70. The summed E-state index contributed by atoms with van der Waals surface area (Å²) in [4.78, 5) is 5.45. The van der Waals surface area contributed by atoms with Gasteiger partial charge in [-0.15, -0.1) is 11.3 Å². The van der Waals surface area contributed by atoms with Crippen molar-refractivity contribution in [2.75, 3.05) is 7.11 Å². The monoisotopic (exact) mass is 252 g/mol. The van der Waals surface area contributed by atoms with Crippen molar-refractivity contribution in [3.05, 3.63) is 34.6 Å². The third-order valence-corrected chi connectivity index (χ3v) is 3.55. The number of methoxy groups -OCH3 is 1. The predicted molar refractivity (Wildman–Crippen MR) is 66.7 cm³/mol. The van der Waals surface area contributed by atoms with Crippen LogP contribution in [-0.2, 0) is 6.54 Å². The van der Waals surface area contributed by atoms with Crippen molar-refractivity contribution in [2.24, 2.45) is 5.73 Å². The van der Waals surface area contributed by atoms with Gasteiger partial charge in [-0.25, -0.2) is 9.37 Å². The van der Waals surface area contributed by atoms with Gasteiger partial charge in [-0.1, -0.05) is 0 Å². The minimum absolute atomic E-state index is 0.237. The molecule has 0 fully saturated rings. The third kappa shape index (κ3) is 2.30. The van der Waals surface area contributed by atoms with E-state index in [0.717, 1.165) is 21.1 Å². The minimum atomic E-state index is -0.382. The molecular formula is C12H13FN2OS. The fourth-order valence-corrected chi connectivity index (χ4v) is 2.48. The van der Waals surface area contributed by atoms with Crippen LogP contribution in [0.25, 0.3) is 10.6 Å². The Morgan fingerprint density at radius 2 is 2.24 bits per heavy atom. The predicted octanol–water partition coefficient (Wildman–Crippen LogP) is 2.72. The van der Waals surface area contributed by atoms with Gasteiger partial charge in [-0.3, -0.25) is 0 Å². The maximum atomic E-state index is 13.6. The molecule has 90 valence electrons. The molecule has 2 N–H and O–H groups in total. The molecule has 0 amide bonds. The van der Waals surface area contributed by atoms with Gasteiger partial charge in [0.2, 0.25) is 0 Å². The Kier molecular flexibility index (Phi) is 3.40. The summed E-state index contributed by atoms with van der Waals surface area (Å²) >= 11 is 1.52. The summed E-state index contributed by atoms with van der Waals surface area (Å²) in [5, 5.41) is 0.782. The highest BCUT2D eigenvalue weighted by Gasteiger charge is 2.10. The Morgan fingerprint density at radius 3 is 2.76 bits per heavy atom. The van der Waals surface area contributed by atoms with Gasteiger partial charge in [-0.2, -0.15) is 0 Å². The van der Waals surface area contributed by atoms with Crippen LogP contribution in [0.15, 0.2) is 18.2 Å². The molecule has 0 bridgehead atoms. The molecule has 17 heavy (non-hydrogen) atoms. The zero-order valence-electron chi connectivity index (χ0n) is 9.66. The maximum absolute atomic E-state index is 13.6. The van der Waals surface area contributed by atoms with E-state index in [1.54, 1.807) is 12.1 Å². The molecule has 0 atom stereocenters. The maximum Gasteiger partial charge on any atom is 0.165 e. The quantitative estimate of drug-likeness (QED) is 0.913. The molecule has 2 aromatic rings. The molecule has 1 heterocycles. The van der Waals surface area contributed by atoms with Crippen molar-refractivity contribution in [3.8, 4) is 16.3 Å². The van der Waals surface area contributed by atoms with Gasteiger partial charge in [0.1, 0.15) is 5.01 Å². The summed E-state index contributed by atoms with van der Waals surface area (Å²) in [6, 6.07) is 4.82. The number of hydrogen-bond donors (Lipinski definition) is 1. The van der Waals surface area contributed by atoms with Gasteiger partial charge in [0.05, 0.1) is 12.8 Å². The van der Waals surface area contributed by atoms with E-state index >= 15 is 0 Å². The first kappa shape index (κ1) is 12.0. The Labute approximate surface area is 103 Å². The first-order valence-corrected chi connectivity index (χ1v) is 5.97. The van der Waals surface area contributed by atoms with Crippen LogP contribution < -0.4 is 10.5 Å². The SMILES string of the molecule is COc1ccc(-c2nc(CN)c(C)s2)cc1F. The van der Waals surface area contributed by atoms with E-state index in [0.29, 0.717) is 6.54 Å². The summed E-state index contributed by atoms with van der Waals surface area (Å²) in [6.45, 7) is 2.37. The second-order valence-electron chi connectivity index (χ2n) is 3.58. The van der Waals surface area contributed by atoms with Gasteiger partial charge < -0.3 is 10.5 Å². The molecular weight excluding hydrogens is 239 g/mol. The minimum Gasteiger partial charge on any atom is -0.494 e. The number of nitrogens with zero attached hydrogens (tertiary/aromatic N) is 1. The Hall–Kier alpha value is -1.46. The first-order valence-electron chi connectivity index (χ1n) is 5.16. The molecule has 0 radical (unpaired) electrons. The standard InChI is InChI=1S/C12H13FN2OS/c1-7-10(6-14)15-12(17-7)8-3-4-11(16-2)9(13)5-8/h3-5H,6,14H2,1-2H3. The van der Waals surface area contributed by atoms with Crippen LogP contribution >= 0.6 is 11.3 Å². The molecule has 0 aliphatic rings. The molecule has 0 unspecified atom stereocenters. The number of aromatic nitrogens is 1. The van der Waals surface area contributed by atoms with Crippen molar-refractivity contribution in [2.45, 2.75) is 13.5 Å². The second kappa shape index (κ2) is 4.81.